The van der Waals surface area contributed by atoms with Crippen molar-refractivity contribution in [3.8, 4) is 0 Å². The summed E-state index contributed by atoms with van der Waals surface area (Å²) in [4.78, 5) is 12.0. The fraction of sp³-hybridized carbons (Fsp3) is 0.722. The third-order valence-electron chi connectivity index (χ3n) is 5.34. The Hall–Kier alpha value is -0.850. The molecule has 2 unspecified atom stereocenters. The largest absolute Gasteiger partial charge is 0.295 e. The van der Waals surface area contributed by atoms with Gasteiger partial charge in [-0.15, -0.1) is 0 Å². The van der Waals surface area contributed by atoms with Crippen molar-refractivity contribution in [2.24, 2.45) is 22.7 Å². The first-order valence-electron chi connectivity index (χ1n) is 7.53. The molecule has 0 fully saturated rings. The number of ketones is 1. The molecule has 2 rings (SSSR count). The van der Waals surface area contributed by atoms with Crippen LogP contribution >= 0.6 is 0 Å². The molecule has 0 spiro atoms. The Balaban J connectivity index is 2.60. The smallest absolute Gasteiger partial charge is 0.156 e. The van der Waals surface area contributed by atoms with E-state index in [4.69, 9.17) is 0 Å². The van der Waals surface area contributed by atoms with Crippen LogP contribution in [0, 0.1) is 22.7 Å². The van der Waals surface area contributed by atoms with Crippen LogP contribution in [0.3, 0.4) is 0 Å². The summed E-state index contributed by atoms with van der Waals surface area (Å²) in [6, 6.07) is 0. The van der Waals surface area contributed by atoms with E-state index in [1.807, 2.05) is 0 Å². The summed E-state index contributed by atoms with van der Waals surface area (Å²) in [6.45, 7) is 15.5. The molecule has 0 aromatic rings. The standard InChI is InChI=1S/C18H28O/c1-11-9-17(4,5)16-8-15(13(3)19)18(6,7)10-14(16)12(11)2/h8,11-12H,9-10H2,1-7H3. The van der Waals surface area contributed by atoms with Crippen molar-refractivity contribution in [1.82, 2.24) is 0 Å². The first kappa shape index (κ1) is 14.6. The Kier molecular flexibility index (Phi) is 3.32. The Morgan fingerprint density at radius 2 is 1.74 bits per heavy atom. The van der Waals surface area contributed by atoms with Crippen molar-refractivity contribution in [2.45, 2.75) is 61.3 Å². The first-order chi connectivity index (χ1) is 8.56. The summed E-state index contributed by atoms with van der Waals surface area (Å²) in [5.74, 6) is 1.61. The van der Waals surface area contributed by atoms with Crippen molar-refractivity contribution in [3.63, 3.8) is 0 Å². The van der Waals surface area contributed by atoms with Gasteiger partial charge in [0.2, 0.25) is 0 Å². The molecule has 2 atom stereocenters. The maximum absolute atomic E-state index is 12.0. The SMILES string of the molecule is CC(=O)C1=CC2=C(CC1(C)C)C(C)C(C)CC2(C)C. The molecule has 0 aromatic heterocycles. The van der Waals surface area contributed by atoms with E-state index in [1.165, 1.54) is 12.0 Å². The third-order valence-corrected chi connectivity index (χ3v) is 5.34. The number of Topliss-reactive ketones (excluding diaryl/α,β-unsaturated/α-hetero) is 1. The number of allylic oxidation sites excluding steroid dienone is 4. The van der Waals surface area contributed by atoms with Crippen LogP contribution in [0.15, 0.2) is 22.8 Å². The van der Waals surface area contributed by atoms with Crippen LogP contribution in [-0.2, 0) is 4.79 Å². The van der Waals surface area contributed by atoms with Crippen molar-refractivity contribution in [3.05, 3.63) is 22.8 Å². The lowest BCUT2D eigenvalue weighted by atomic mass is 9.58. The molecule has 0 N–H and O–H groups in total. The van der Waals surface area contributed by atoms with Crippen LogP contribution in [0.1, 0.15) is 61.3 Å². The highest BCUT2D eigenvalue weighted by Gasteiger charge is 2.42. The molecule has 0 heterocycles. The molecule has 0 saturated heterocycles. The van der Waals surface area contributed by atoms with Gasteiger partial charge < -0.3 is 0 Å². The van der Waals surface area contributed by atoms with Gasteiger partial charge in [-0.1, -0.05) is 53.2 Å². The lowest BCUT2D eigenvalue weighted by Crippen LogP contribution is -2.36. The highest BCUT2D eigenvalue weighted by molar-refractivity contribution is 5.95. The van der Waals surface area contributed by atoms with Crippen LogP contribution in [-0.4, -0.2) is 5.78 Å². The second kappa shape index (κ2) is 4.33. The first-order valence-corrected chi connectivity index (χ1v) is 7.53. The highest BCUT2D eigenvalue weighted by Crippen LogP contribution is 2.53. The molecule has 106 valence electrons. The molecular weight excluding hydrogens is 232 g/mol. The van der Waals surface area contributed by atoms with E-state index in [2.05, 4.69) is 47.6 Å². The summed E-state index contributed by atoms with van der Waals surface area (Å²) in [5.41, 5.74) is 4.26. The number of hydrogen-bond donors (Lipinski definition) is 0. The molecule has 2 aliphatic rings. The molecule has 2 aliphatic carbocycles. The maximum atomic E-state index is 12.0. The summed E-state index contributed by atoms with van der Waals surface area (Å²) in [5, 5.41) is 0. The number of carbonyl (C=O) groups is 1. The second-order valence-electron chi connectivity index (χ2n) is 7.97. The molecule has 0 amide bonds. The van der Waals surface area contributed by atoms with Gasteiger partial charge in [0.15, 0.2) is 5.78 Å². The molecule has 19 heavy (non-hydrogen) atoms. The molecular formula is C18H28O. The van der Waals surface area contributed by atoms with Gasteiger partial charge in [0.05, 0.1) is 0 Å². The van der Waals surface area contributed by atoms with Crippen molar-refractivity contribution >= 4 is 5.78 Å². The lowest BCUT2D eigenvalue weighted by Gasteiger charge is -2.46. The Bertz CT molecular complexity index is 474. The second-order valence-corrected chi connectivity index (χ2v) is 7.97. The third kappa shape index (κ3) is 2.32. The van der Waals surface area contributed by atoms with Gasteiger partial charge >= 0.3 is 0 Å². The average molecular weight is 260 g/mol. The highest BCUT2D eigenvalue weighted by atomic mass is 16.1. The van der Waals surface area contributed by atoms with Crippen LogP contribution in [0.25, 0.3) is 0 Å². The van der Waals surface area contributed by atoms with Crippen molar-refractivity contribution in [2.75, 3.05) is 0 Å². The number of rotatable bonds is 1. The van der Waals surface area contributed by atoms with Crippen LogP contribution in [0.5, 0.6) is 0 Å². The van der Waals surface area contributed by atoms with E-state index in [1.54, 1.807) is 12.5 Å². The molecule has 0 aliphatic heterocycles. The predicted molar refractivity (Wildman–Crippen MR) is 80.9 cm³/mol. The van der Waals surface area contributed by atoms with Crippen molar-refractivity contribution < 1.29 is 4.79 Å². The minimum atomic E-state index is -0.00787. The van der Waals surface area contributed by atoms with Crippen LogP contribution in [0.4, 0.5) is 0 Å². The summed E-state index contributed by atoms with van der Waals surface area (Å²) in [7, 11) is 0. The normalized spacial score (nSPS) is 32.7. The van der Waals surface area contributed by atoms with Gasteiger partial charge in [0.25, 0.3) is 0 Å². The summed E-state index contributed by atoms with van der Waals surface area (Å²) in [6.07, 6.45) is 4.49. The van der Waals surface area contributed by atoms with E-state index in [-0.39, 0.29) is 16.6 Å². The monoisotopic (exact) mass is 260 g/mol. The molecule has 1 nitrogen and oxygen atoms in total. The van der Waals surface area contributed by atoms with E-state index in [9.17, 15) is 4.79 Å². The number of hydrogen-bond acceptors (Lipinski definition) is 1. The molecule has 0 radical (unpaired) electrons. The summed E-state index contributed by atoms with van der Waals surface area (Å²) >= 11 is 0. The minimum absolute atomic E-state index is 0.00787. The fourth-order valence-electron chi connectivity index (χ4n) is 4.15. The zero-order valence-electron chi connectivity index (χ0n) is 13.6. The molecule has 0 aromatic carbocycles. The zero-order chi connectivity index (χ0) is 14.6. The van der Waals surface area contributed by atoms with Gasteiger partial charge in [-0.25, -0.2) is 0 Å². The van der Waals surface area contributed by atoms with E-state index < -0.39 is 0 Å². The molecule has 1 heteroatoms. The Morgan fingerprint density at radius 3 is 2.26 bits per heavy atom. The fourth-order valence-corrected chi connectivity index (χ4v) is 4.15. The van der Waals surface area contributed by atoms with Crippen LogP contribution in [0.2, 0.25) is 0 Å². The van der Waals surface area contributed by atoms with Gasteiger partial charge in [-0.3, -0.25) is 4.79 Å². The topological polar surface area (TPSA) is 17.1 Å². The van der Waals surface area contributed by atoms with Gasteiger partial charge in [-0.2, -0.15) is 0 Å². The predicted octanol–water partition coefficient (Wildman–Crippen LogP) is 4.93. The van der Waals surface area contributed by atoms with Crippen molar-refractivity contribution in [1.29, 1.82) is 0 Å². The van der Waals surface area contributed by atoms with Crippen LogP contribution < -0.4 is 0 Å². The van der Waals surface area contributed by atoms with E-state index in [0.717, 1.165) is 17.9 Å². The summed E-state index contributed by atoms with van der Waals surface area (Å²) < 4.78 is 0. The number of carbonyl (C=O) groups excluding carboxylic acids is 1. The average Bonchev–Trinajstić information content (AvgIpc) is 2.23. The maximum Gasteiger partial charge on any atom is 0.156 e. The van der Waals surface area contributed by atoms with E-state index in [0.29, 0.717) is 5.92 Å². The Morgan fingerprint density at radius 1 is 1.16 bits per heavy atom. The molecule has 0 saturated carbocycles. The zero-order valence-corrected chi connectivity index (χ0v) is 13.6. The van der Waals surface area contributed by atoms with Gasteiger partial charge in [0.1, 0.15) is 0 Å². The van der Waals surface area contributed by atoms with Gasteiger partial charge in [-0.05, 0) is 48.0 Å². The lowest BCUT2D eigenvalue weighted by molar-refractivity contribution is -0.114. The van der Waals surface area contributed by atoms with E-state index >= 15 is 0 Å². The molecule has 0 bridgehead atoms. The van der Waals surface area contributed by atoms with Gasteiger partial charge in [0, 0.05) is 5.57 Å². The Labute approximate surface area is 118 Å². The quantitative estimate of drug-likeness (QED) is 0.653. The minimum Gasteiger partial charge on any atom is -0.295 e.